The molecule has 0 atom stereocenters. The Bertz CT molecular complexity index is 1400. The highest BCUT2D eigenvalue weighted by atomic mass is 16.6. The van der Waals surface area contributed by atoms with Gasteiger partial charge in [-0.05, 0) is 48.9 Å². The second-order valence-electron chi connectivity index (χ2n) is 11.0. The molecule has 0 radical (unpaired) electrons. The Morgan fingerprint density at radius 3 is 1.43 bits per heavy atom. The molecule has 6 rings (SSSR count). The van der Waals surface area contributed by atoms with Crippen LogP contribution in [0.5, 0.6) is 0 Å². The van der Waals surface area contributed by atoms with Crippen molar-refractivity contribution < 1.29 is 33.8 Å². The van der Waals surface area contributed by atoms with Crippen molar-refractivity contribution in [2.45, 2.75) is 51.0 Å². The van der Waals surface area contributed by atoms with Gasteiger partial charge in [0.05, 0.1) is 17.2 Å². The molecule has 2 saturated heterocycles. The van der Waals surface area contributed by atoms with Crippen molar-refractivity contribution >= 4 is 24.0 Å². The van der Waals surface area contributed by atoms with Gasteiger partial charge in [-0.1, -0.05) is 72.8 Å². The Morgan fingerprint density at radius 1 is 0.614 bits per heavy atom. The first-order valence-corrected chi connectivity index (χ1v) is 15.0. The summed E-state index contributed by atoms with van der Waals surface area (Å²) in [5, 5.41) is 9.34. The molecular weight excluding hydrogens is 562 g/mol. The predicted octanol–water partition coefficient (Wildman–Crippen LogP) is 4.86. The van der Waals surface area contributed by atoms with E-state index < -0.39 is 0 Å². The molecule has 3 aliphatic heterocycles. The van der Waals surface area contributed by atoms with Gasteiger partial charge in [0.1, 0.15) is 13.2 Å². The Labute approximate surface area is 256 Å². The molecule has 0 bridgehead atoms. The van der Waals surface area contributed by atoms with Crippen LogP contribution in [0.1, 0.15) is 57.5 Å². The lowest BCUT2D eigenvalue weighted by Gasteiger charge is -2.35. The van der Waals surface area contributed by atoms with E-state index in [0.717, 1.165) is 11.1 Å². The molecule has 0 unspecified atom stereocenters. The minimum Gasteiger partial charge on any atom is -0.445 e. The van der Waals surface area contributed by atoms with Crippen LogP contribution in [0.2, 0.25) is 0 Å². The minimum atomic E-state index is -0.361. The summed E-state index contributed by atoms with van der Waals surface area (Å²) in [6.07, 6.45) is 1.48. The molecule has 3 aromatic carbocycles. The van der Waals surface area contributed by atoms with Gasteiger partial charge in [0.25, 0.3) is 11.8 Å². The van der Waals surface area contributed by atoms with E-state index in [9.17, 15) is 24.3 Å². The van der Waals surface area contributed by atoms with Gasteiger partial charge in [-0.15, -0.1) is 0 Å². The summed E-state index contributed by atoms with van der Waals surface area (Å²) in [5.74, 6) is -0.471. The third kappa shape index (κ3) is 7.62. The number of nitrogens with zero attached hydrogens (tertiary/aromatic N) is 3. The van der Waals surface area contributed by atoms with Crippen molar-refractivity contribution in [3.63, 3.8) is 0 Å². The number of benzene rings is 3. The summed E-state index contributed by atoms with van der Waals surface area (Å²) in [4.78, 5) is 53.8. The zero-order chi connectivity index (χ0) is 30.9. The minimum absolute atomic E-state index is 0.185. The number of ether oxygens (including phenoxy) is 2. The first kappa shape index (κ1) is 30.7. The maximum absolute atomic E-state index is 12.6. The van der Waals surface area contributed by atoms with Crippen LogP contribution in [-0.2, 0) is 22.7 Å². The number of hydrogen-bond donors (Lipinski definition) is 1. The molecule has 1 N–H and O–H groups in total. The number of imide groups is 1. The topological polar surface area (TPSA) is 117 Å². The fraction of sp³-hybridized carbons (Fsp3) is 0.353. The van der Waals surface area contributed by atoms with Gasteiger partial charge >= 0.3 is 12.2 Å². The summed E-state index contributed by atoms with van der Waals surface area (Å²) in [6.45, 7) is 2.62. The molecule has 0 aromatic heterocycles. The summed E-state index contributed by atoms with van der Waals surface area (Å²) in [5.41, 5.74) is 2.85. The average molecular weight is 600 g/mol. The van der Waals surface area contributed by atoms with E-state index in [1.807, 2.05) is 60.7 Å². The molecule has 4 amide bonds. The highest BCUT2D eigenvalue weighted by Gasteiger charge is 2.41. The molecule has 3 aromatic rings. The highest BCUT2D eigenvalue weighted by molar-refractivity contribution is 6.21. The van der Waals surface area contributed by atoms with Gasteiger partial charge in [-0.3, -0.25) is 14.5 Å². The number of hydrogen-bond acceptors (Lipinski definition) is 7. The van der Waals surface area contributed by atoms with Gasteiger partial charge in [-0.25, -0.2) is 9.59 Å². The Morgan fingerprint density at radius 2 is 1.00 bits per heavy atom. The van der Waals surface area contributed by atoms with Crippen LogP contribution in [0.3, 0.4) is 0 Å². The summed E-state index contributed by atoms with van der Waals surface area (Å²) in [7, 11) is 0. The number of rotatable bonds is 5. The van der Waals surface area contributed by atoms with Gasteiger partial charge < -0.3 is 24.4 Å². The van der Waals surface area contributed by atoms with E-state index in [1.165, 1.54) is 4.90 Å². The van der Waals surface area contributed by atoms with E-state index >= 15 is 0 Å². The molecular formula is C34H37N3O7. The fourth-order valence-corrected chi connectivity index (χ4v) is 5.52. The molecule has 0 spiro atoms. The zero-order valence-corrected chi connectivity index (χ0v) is 24.5. The molecule has 3 aliphatic rings. The van der Waals surface area contributed by atoms with Crippen LogP contribution in [0.25, 0.3) is 0 Å². The normalized spacial score (nSPS) is 17.1. The highest BCUT2D eigenvalue weighted by Crippen LogP contribution is 2.28. The van der Waals surface area contributed by atoms with Crippen LogP contribution in [0.15, 0.2) is 84.9 Å². The Balaban J connectivity index is 0.000000195. The SMILES string of the molecule is O=C(OCc1ccccc1)N1CCC(N2C(=O)c3ccccc3C2=O)CC1.O=C(OCc1ccccc1)N1CCC(O)CC1. The first-order valence-electron chi connectivity index (χ1n) is 15.0. The molecule has 10 nitrogen and oxygen atoms in total. The van der Waals surface area contributed by atoms with Crippen molar-refractivity contribution in [3.8, 4) is 0 Å². The molecule has 10 heteroatoms. The van der Waals surface area contributed by atoms with Crippen molar-refractivity contribution in [2.75, 3.05) is 26.2 Å². The number of piperidine rings is 2. The monoisotopic (exact) mass is 599 g/mol. The van der Waals surface area contributed by atoms with Crippen molar-refractivity contribution in [1.82, 2.24) is 14.7 Å². The molecule has 0 saturated carbocycles. The maximum atomic E-state index is 12.6. The number of fused-ring (bicyclic) bond motifs is 1. The standard InChI is InChI=1S/C21H20N2O4.C13H17NO3/c24-19-17-8-4-5-9-18(17)20(25)23(19)16-10-12-22(13-11-16)21(26)27-14-15-6-2-1-3-7-15;15-12-6-8-14(9-7-12)13(16)17-10-11-4-2-1-3-5-11/h1-9,16H,10-14H2;1-5,12,15H,6-10H2. The van der Waals surface area contributed by atoms with E-state index in [2.05, 4.69) is 0 Å². The Kier molecular flexibility index (Phi) is 10.2. The van der Waals surface area contributed by atoms with Gasteiger partial charge in [-0.2, -0.15) is 0 Å². The van der Waals surface area contributed by atoms with Crippen LogP contribution < -0.4 is 0 Å². The van der Waals surface area contributed by atoms with E-state index in [-0.39, 0.29) is 42.8 Å². The maximum Gasteiger partial charge on any atom is 0.410 e. The van der Waals surface area contributed by atoms with Gasteiger partial charge in [0.15, 0.2) is 0 Å². The summed E-state index contributed by atoms with van der Waals surface area (Å²) < 4.78 is 10.6. The molecule has 44 heavy (non-hydrogen) atoms. The van der Waals surface area contributed by atoms with E-state index in [1.54, 1.807) is 34.1 Å². The molecule has 0 aliphatic carbocycles. The zero-order valence-electron chi connectivity index (χ0n) is 24.5. The quantitative estimate of drug-likeness (QED) is 0.416. The number of carbonyl (C=O) groups is 4. The number of aliphatic hydroxyl groups is 1. The lowest BCUT2D eigenvalue weighted by Crippen LogP contribution is -2.48. The number of carbonyl (C=O) groups excluding carboxylic acids is 4. The fourth-order valence-electron chi connectivity index (χ4n) is 5.52. The average Bonchev–Trinajstić information content (AvgIpc) is 3.33. The number of aliphatic hydroxyl groups excluding tert-OH is 1. The second-order valence-corrected chi connectivity index (χ2v) is 11.0. The van der Waals surface area contributed by atoms with Crippen molar-refractivity contribution in [3.05, 3.63) is 107 Å². The van der Waals surface area contributed by atoms with E-state index in [4.69, 9.17) is 9.47 Å². The Hall–Kier alpha value is -4.70. The lowest BCUT2D eigenvalue weighted by atomic mass is 10.0. The molecule has 2 fully saturated rings. The van der Waals surface area contributed by atoms with E-state index in [0.29, 0.717) is 69.6 Å². The number of likely N-dealkylation sites (tertiary alicyclic amines) is 2. The van der Waals surface area contributed by atoms with Crippen molar-refractivity contribution in [2.24, 2.45) is 0 Å². The van der Waals surface area contributed by atoms with Gasteiger partial charge in [0.2, 0.25) is 0 Å². The molecule has 230 valence electrons. The van der Waals surface area contributed by atoms with Crippen LogP contribution in [0.4, 0.5) is 9.59 Å². The third-order valence-electron chi connectivity index (χ3n) is 8.05. The largest absolute Gasteiger partial charge is 0.445 e. The second kappa shape index (κ2) is 14.7. The van der Waals surface area contributed by atoms with Crippen molar-refractivity contribution in [1.29, 1.82) is 0 Å². The van der Waals surface area contributed by atoms with Crippen LogP contribution in [0, 0.1) is 0 Å². The van der Waals surface area contributed by atoms with Crippen LogP contribution in [-0.4, -0.2) is 82.1 Å². The lowest BCUT2D eigenvalue weighted by molar-refractivity contribution is 0.0471. The smallest absolute Gasteiger partial charge is 0.410 e. The third-order valence-corrected chi connectivity index (χ3v) is 8.05. The summed E-state index contributed by atoms with van der Waals surface area (Å²) >= 11 is 0. The summed E-state index contributed by atoms with van der Waals surface area (Å²) in [6, 6.07) is 25.8. The van der Waals surface area contributed by atoms with Crippen LogP contribution >= 0.6 is 0 Å². The van der Waals surface area contributed by atoms with Gasteiger partial charge in [0, 0.05) is 32.2 Å². The predicted molar refractivity (Wildman–Crippen MR) is 162 cm³/mol. The number of amides is 4. The first-order chi connectivity index (χ1) is 21.4. The molecule has 3 heterocycles.